The maximum Gasteiger partial charge on any atom is 0.394 e. The van der Waals surface area contributed by atoms with Gasteiger partial charge in [0.25, 0.3) is 0 Å². The van der Waals surface area contributed by atoms with E-state index < -0.39 is 23.9 Å². The molecule has 0 radical (unpaired) electrons. The number of carbonyl (C=O) groups excluding carboxylic acids is 2. The Hall–Kier alpha value is -5.26. The Morgan fingerprint density at radius 1 is 0.956 bits per heavy atom. The van der Waals surface area contributed by atoms with Gasteiger partial charge in [-0.1, -0.05) is 66.7 Å². The van der Waals surface area contributed by atoms with E-state index >= 15 is 0 Å². The molecule has 5 rings (SSSR count). The first-order valence-corrected chi connectivity index (χ1v) is 15.0. The average Bonchev–Trinajstić information content (AvgIpc) is 3.42. The Morgan fingerprint density at radius 3 is 2.29 bits per heavy atom. The van der Waals surface area contributed by atoms with Gasteiger partial charge >= 0.3 is 17.8 Å². The zero-order valence-corrected chi connectivity index (χ0v) is 25.2. The summed E-state index contributed by atoms with van der Waals surface area (Å²) in [7, 11) is 1.59. The summed E-state index contributed by atoms with van der Waals surface area (Å²) >= 11 is 1.02. The van der Waals surface area contributed by atoms with Gasteiger partial charge in [-0.15, -0.1) is 11.3 Å². The van der Waals surface area contributed by atoms with Crippen LogP contribution in [-0.2, 0) is 27.3 Å². The molecule has 230 valence electrons. The van der Waals surface area contributed by atoms with E-state index in [2.05, 4.69) is 15.5 Å². The summed E-state index contributed by atoms with van der Waals surface area (Å²) in [6.45, 7) is 1.14. The van der Waals surface area contributed by atoms with E-state index in [0.717, 1.165) is 33.6 Å². The number of carbonyl (C=O) groups is 4. The monoisotopic (exact) mass is 625 g/mol. The quantitative estimate of drug-likeness (QED) is 0.141. The third-order valence-corrected chi connectivity index (χ3v) is 8.77. The van der Waals surface area contributed by atoms with E-state index in [4.69, 9.17) is 9.84 Å². The van der Waals surface area contributed by atoms with Crippen LogP contribution in [0.1, 0.15) is 38.0 Å². The molecule has 1 atom stereocenters. The average molecular weight is 626 g/mol. The highest BCUT2D eigenvalue weighted by atomic mass is 32.1. The lowest BCUT2D eigenvalue weighted by atomic mass is 9.96. The fraction of sp³-hybridized carbons (Fsp3) is 0.176. The van der Waals surface area contributed by atoms with Crippen LogP contribution >= 0.6 is 11.3 Å². The van der Waals surface area contributed by atoms with Gasteiger partial charge in [-0.25, -0.2) is 9.59 Å². The van der Waals surface area contributed by atoms with Crippen LogP contribution in [0.15, 0.2) is 84.9 Å². The van der Waals surface area contributed by atoms with Crippen LogP contribution in [0.4, 0.5) is 5.00 Å². The van der Waals surface area contributed by atoms with Gasteiger partial charge in [0.1, 0.15) is 10.8 Å². The highest BCUT2D eigenvalue weighted by Gasteiger charge is 2.35. The number of hydrogen-bond acceptors (Lipinski definition) is 7. The highest BCUT2D eigenvalue weighted by molar-refractivity contribution is 7.17. The van der Waals surface area contributed by atoms with Crippen molar-refractivity contribution >= 4 is 46.2 Å². The van der Waals surface area contributed by atoms with E-state index in [-0.39, 0.29) is 23.0 Å². The lowest BCUT2D eigenvalue weighted by Crippen LogP contribution is -2.41. The normalized spacial score (nSPS) is 14.5. The second-order valence-electron chi connectivity index (χ2n) is 10.4. The van der Waals surface area contributed by atoms with Crippen LogP contribution in [-0.4, -0.2) is 59.1 Å². The largest absolute Gasteiger partial charge is 0.497 e. The molecular weight excluding hydrogens is 594 g/mol. The number of methoxy groups -OCH3 is 1. The van der Waals surface area contributed by atoms with Crippen LogP contribution in [0, 0.1) is 0 Å². The predicted octanol–water partition coefficient (Wildman–Crippen LogP) is 5.07. The van der Waals surface area contributed by atoms with Crippen molar-refractivity contribution in [1.29, 1.82) is 0 Å². The number of fused-ring (bicyclic) bond motifs is 1. The van der Waals surface area contributed by atoms with Crippen molar-refractivity contribution in [2.75, 3.05) is 25.5 Å². The number of benzene rings is 3. The van der Waals surface area contributed by atoms with Crippen molar-refractivity contribution in [3.05, 3.63) is 112 Å². The molecule has 11 heteroatoms. The van der Waals surface area contributed by atoms with Crippen molar-refractivity contribution < 1.29 is 34.1 Å². The van der Waals surface area contributed by atoms with E-state index in [1.807, 2.05) is 78.9 Å². The molecular formula is C34H31N3O7S. The SMILES string of the molecule is COc1ccc(CN2CCc3c(sc(NC(=O)C(=O)O)c3C(=O)O)C2CNC(=O)C=Cc2ccc(-c3ccccc3)cc2)cc1. The molecule has 3 aromatic carbocycles. The van der Waals surface area contributed by atoms with Gasteiger partial charge in [0.15, 0.2) is 0 Å². The predicted molar refractivity (Wildman–Crippen MR) is 171 cm³/mol. The summed E-state index contributed by atoms with van der Waals surface area (Å²) in [6, 6.07) is 25.0. The summed E-state index contributed by atoms with van der Waals surface area (Å²) in [5.41, 5.74) is 4.41. The van der Waals surface area contributed by atoms with Crippen LogP contribution in [0.25, 0.3) is 17.2 Å². The standard InChI is InChI=1S/C34H31N3O7S/c1-44-25-14-9-22(10-15-25)20-37-18-17-26-29(33(40)41)32(36-31(39)34(42)43)45-30(26)27(37)19-35-28(38)16-11-21-7-12-24(13-8-21)23-5-3-2-4-6-23/h2-16,27H,17-20H2,1H3,(H,35,38)(H,36,39)(H,40,41)(H,42,43). The Kier molecular flexibility index (Phi) is 9.71. The Balaban J connectivity index is 1.36. The first-order valence-electron chi connectivity index (χ1n) is 14.1. The molecule has 0 bridgehead atoms. The molecule has 1 aliphatic heterocycles. The van der Waals surface area contributed by atoms with Gasteiger partial charge in [0.05, 0.1) is 18.7 Å². The number of carboxylic acids is 2. The number of rotatable bonds is 10. The first kappa shape index (κ1) is 31.2. The molecule has 1 unspecified atom stereocenters. The molecule has 0 spiro atoms. The zero-order chi connectivity index (χ0) is 31.9. The van der Waals surface area contributed by atoms with Gasteiger partial charge < -0.3 is 25.6 Å². The summed E-state index contributed by atoms with van der Waals surface area (Å²) < 4.78 is 5.26. The Morgan fingerprint density at radius 2 is 1.64 bits per heavy atom. The Bertz CT molecular complexity index is 1730. The van der Waals surface area contributed by atoms with Crippen molar-refractivity contribution in [2.24, 2.45) is 0 Å². The molecule has 1 aliphatic rings. The van der Waals surface area contributed by atoms with Crippen molar-refractivity contribution in [3.8, 4) is 16.9 Å². The summed E-state index contributed by atoms with van der Waals surface area (Å²) in [5.74, 6) is -3.91. The fourth-order valence-corrected chi connectivity index (χ4v) is 6.64. The molecule has 2 heterocycles. The van der Waals surface area contributed by atoms with Crippen molar-refractivity contribution in [2.45, 2.75) is 19.0 Å². The van der Waals surface area contributed by atoms with Gasteiger partial charge in [-0.05, 0) is 52.4 Å². The number of thiophene rings is 1. The van der Waals surface area contributed by atoms with Crippen LogP contribution in [0.3, 0.4) is 0 Å². The maximum atomic E-state index is 13.0. The number of nitrogens with zero attached hydrogens (tertiary/aromatic N) is 1. The van der Waals surface area contributed by atoms with Crippen molar-refractivity contribution in [3.63, 3.8) is 0 Å². The van der Waals surface area contributed by atoms with E-state index in [1.165, 1.54) is 6.08 Å². The highest BCUT2D eigenvalue weighted by Crippen LogP contribution is 2.43. The van der Waals surface area contributed by atoms with Gasteiger partial charge in [0.2, 0.25) is 5.91 Å². The van der Waals surface area contributed by atoms with Crippen LogP contribution in [0.2, 0.25) is 0 Å². The molecule has 0 saturated heterocycles. The maximum absolute atomic E-state index is 13.0. The molecule has 10 nitrogen and oxygen atoms in total. The van der Waals surface area contributed by atoms with Gasteiger partial charge in [-0.2, -0.15) is 0 Å². The Labute approximate surface area is 263 Å². The first-order chi connectivity index (χ1) is 21.7. The number of hydrogen-bond donors (Lipinski definition) is 4. The van der Waals surface area contributed by atoms with Crippen LogP contribution in [0.5, 0.6) is 5.75 Å². The van der Waals surface area contributed by atoms with Crippen LogP contribution < -0.4 is 15.4 Å². The molecule has 0 saturated carbocycles. The lowest BCUT2D eigenvalue weighted by molar-refractivity contribution is -0.147. The number of anilines is 1. The summed E-state index contributed by atoms with van der Waals surface area (Å²) in [6.07, 6.45) is 3.54. The number of aliphatic carboxylic acids is 1. The number of ether oxygens (including phenoxy) is 1. The number of nitrogens with one attached hydrogen (secondary N) is 2. The molecule has 0 aliphatic carbocycles. The number of amides is 2. The number of carboxylic acid groups (broad SMARTS) is 2. The third kappa shape index (κ3) is 7.46. The topological polar surface area (TPSA) is 145 Å². The second-order valence-corrected chi connectivity index (χ2v) is 11.4. The number of aromatic carboxylic acids is 1. The fourth-order valence-electron chi connectivity index (χ4n) is 5.27. The van der Waals surface area contributed by atoms with Gasteiger partial charge in [-0.3, -0.25) is 14.5 Å². The molecule has 1 aromatic heterocycles. The van der Waals surface area contributed by atoms with E-state index in [0.29, 0.717) is 35.7 Å². The second kappa shape index (κ2) is 14.0. The molecule has 4 aromatic rings. The molecule has 0 fully saturated rings. The van der Waals surface area contributed by atoms with E-state index in [9.17, 15) is 24.3 Å². The van der Waals surface area contributed by atoms with Crippen molar-refractivity contribution in [1.82, 2.24) is 10.2 Å². The molecule has 45 heavy (non-hydrogen) atoms. The zero-order valence-electron chi connectivity index (χ0n) is 24.4. The van der Waals surface area contributed by atoms with Gasteiger partial charge in [0, 0.05) is 30.6 Å². The minimum atomic E-state index is -1.72. The minimum absolute atomic E-state index is 0.0404. The third-order valence-electron chi connectivity index (χ3n) is 7.53. The summed E-state index contributed by atoms with van der Waals surface area (Å²) in [5, 5.41) is 24.2. The molecule has 4 N–H and O–H groups in total. The lowest BCUT2D eigenvalue weighted by Gasteiger charge is -2.36. The molecule has 2 amide bonds. The summed E-state index contributed by atoms with van der Waals surface area (Å²) in [4.78, 5) is 51.1. The minimum Gasteiger partial charge on any atom is -0.497 e. The smallest absolute Gasteiger partial charge is 0.394 e. The van der Waals surface area contributed by atoms with E-state index in [1.54, 1.807) is 13.2 Å².